The van der Waals surface area contributed by atoms with E-state index in [9.17, 15) is 29.2 Å². The summed E-state index contributed by atoms with van der Waals surface area (Å²) >= 11 is 0. The maximum absolute atomic E-state index is 14.5. The van der Waals surface area contributed by atoms with Crippen molar-refractivity contribution in [1.29, 1.82) is 0 Å². The third-order valence-corrected chi connectivity index (χ3v) is 9.09. The topological polar surface area (TPSA) is 204 Å². The van der Waals surface area contributed by atoms with E-state index in [0.29, 0.717) is 31.1 Å². The molecule has 1 saturated carbocycles. The molecule has 1 aromatic heterocycles. The molecule has 14 nitrogen and oxygen atoms in total. The number of ether oxygens (including phenoxy) is 2. The highest BCUT2D eigenvalue weighted by Crippen LogP contribution is 2.51. The minimum absolute atomic E-state index is 0.104. The van der Waals surface area contributed by atoms with Crippen molar-refractivity contribution in [3.05, 3.63) is 75.6 Å². The number of hydrogen-bond donors (Lipinski definition) is 5. The molecule has 226 valence electrons. The third kappa shape index (κ3) is 5.79. The van der Waals surface area contributed by atoms with Gasteiger partial charge in [0.25, 0.3) is 5.56 Å². The average molecular weight is 605 g/mol. The molecule has 1 saturated heterocycles. The zero-order valence-electron chi connectivity index (χ0n) is 22.8. The molecule has 0 radical (unpaired) electrons. The standard InChI is InChI=1S/C27H33N4O10P/c1-2-38-24(35)26(13-5-6-14-26)30-42(37,41-19-11-7-9-17-8-3-4-10-18(17)19)39-16-27(28)22(34)21(33)23(40-27)31-15-12-20(32)29-25(31)36/h3-4,7-12,15,21-23,33-34H,2,5-6,13-14,16,28H2,1H3,(H,30,37)(H,29,32,36)/t21-,22+,23-,27-,42?/m1/s1. The normalized spacial score (nSPS) is 26.6. The van der Waals surface area contributed by atoms with Gasteiger partial charge < -0.3 is 24.2 Å². The predicted octanol–water partition coefficient (Wildman–Crippen LogP) is 1.26. The number of nitrogens with one attached hydrogen (secondary N) is 2. The Morgan fingerprint density at radius 1 is 1.17 bits per heavy atom. The first kappa shape index (κ1) is 30.1. The van der Waals surface area contributed by atoms with Crippen LogP contribution in [-0.2, 0) is 23.4 Å². The highest BCUT2D eigenvalue weighted by molar-refractivity contribution is 7.52. The number of carbonyl (C=O) groups excluding carboxylic acids is 1. The van der Waals surface area contributed by atoms with E-state index in [1.54, 1.807) is 31.2 Å². The number of aromatic nitrogens is 2. The number of fused-ring (bicyclic) bond motifs is 1. The third-order valence-electron chi connectivity index (χ3n) is 7.48. The van der Waals surface area contributed by atoms with Crippen LogP contribution in [0.2, 0.25) is 0 Å². The summed E-state index contributed by atoms with van der Waals surface area (Å²) < 4.78 is 38.1. The molecule has 1 aliphatic heterocycles. The number of aliphatic hydroxyl groups is 2. The Balaban J connectivity index is 1.47. The van der Waals surface area contributed by atoms with E-state index in [-0.39, 0.29) is 12.4 Å². The van der Waals surface area contributed by atoms with Gasteiger partial charge in [0.05, 0.1) is 6.61 Å². The molecule has 2 fully saturated rings. The monoisotopic (exact) mass is 604 g/mol. The second kappa shape index (κ2) is 11.7. The Bertz CT molecular complexity index is 1610. The minimum Gasteiger partial charge on any atom is -0.465 e. The Hall–Kier alpha value is -3.36. The lowest BCUT2D eigenvalue weighted by atomic mass is 10.00. The van der Waals surface area contributed by atoms with E-state index in [4.69, 9.17) is 24.3 Å². The number of carbonyl (C=O) groups is 1. The van der Waals surface area contributed by atoms with Crippen molar-refractivity contribution < 1.29 is 38.1 Å². The van der Waals surface area contributed by atoms with E-state index >= 15 is 0 Å². The maximum atomic E-state index is 14.5. The molecule has 0 spiro atoms. The summed E-state index contributed by atoms with van der Waals surface area (Å²) in [6.07, 6.45) is -2.05. The Kier molecular flexibility index (Phi) is 8.41. The number of aromatic amines is 1. The smallest absolute Gasteiger partial charge is 0.459 e. The van der Waals surface area contributed by atoms with E-state index in [0.717, 1.165) is 22.2 Å². The number of rotatable bonds is 10. The van der Waals surface area contributed by atoms with Crippen molar-refractivity contribution in [2.24, 2.45) is 5.73 Å². The zero-order valence-corrected chi connectivity index (χ0v) is 23.7. The van der Waals surface area contributed by atoms with E-state index in [1.807, 2.05) is 23.2 Å². The molecular formula is C27H33N4O10P. The lowest BCUT2D eigenvalue weighted by molar-refractivity contribution is -0.150. The Morgan fingerprint density at radius 3 is 2.60 bits per heavy atom. The van der Waals surface area contributed by atoms with Gasteiger partial charge in [0, 0.05) is 17.6 Å². The molecular weight excluding hydrogens is 571 g/mol. The molecule has 3 aromatic rings. The first-order valence-electron chi connectivity index (χ1n) is 13.5. The van der Waals surface area contributed by atoms with Gasteiger partial charge in [0.2, 0.25) is 0 Å². The van der Waals surface area contributed by atoms with Crippen LogP contribution < -0.4 is 26.6 Å². The van der Waals surface area contributed by atoms with Crippen molar-refractivity contribution >= 4 is 24.5 Å². The molecule has 6 N–H and O–H groups in total. The first-order chi connectivity index (χ1) is 20.0. The molecule has 42 heavy (non-hydrogen) atoms. The fourth-order valence-corrected chi connectivity index (χ4v) is 7.11. The van der Waals surface area contributed by atoms with Crippen molar-refractivity contribution in [2.75, 3.05) is 13.2 Å². The average Bonchev–Trinajstić information content (AvgIpc) is 3.52. The van der Waals surface area contributed by atoms with Gasteiger partial charge >= 0.3 is 19.4 Å². The summed E-state index contributed by atoms with van der Waals surface area (Å²) in [6.45, 7) is 0.969. The van der Waals surface area contributed by atoms with Crippen LogP contribution in [0.4, 0.5) is 0 Å². The molecule has 0 amide bonds. The van der Waals surface area contributed by atoms with Gasteiger partial charge in [0.15, 0.2) is 12.0 Å². The van der Waals surface area contributed by atoms with Gasteiger partial charge in [0.1, 0.15) is 30.1 Å². The number of H-pyrrole nitrogens is 1. The largest absolute Gasteiger partial charge is 0.465 e. The molecule has 1 unspecified atom stereocenters. The fourth-order valence-electron chi connectivity index (χ4n) is 5.32. The van der Waals surface area contributed by atoms with Crippen LogP contribution in [0.1, 0.15) is 38.8 Å². The van der Waals surface area contributed by atoms with Crippen molar-refractivity contribution in [2.45, 2.75) is 62.3 Å². The summed E-state index contributed by atoms with van der Waals surface area (Å²) in [7, 11) is -4.51. The molecule has 0 bridgehead atoms. The van der Waals surface area contributed by atoms with Crippen LogP contribution in [0.3, 0.4) is 0 Å². The van der Waals surface area contributed by atoms with Gasteiger partial charge in [-0.1, -0.05) is 49.2 Å². The maximum Gasteiger partial charge on any atom is 0.459 e. The summed E-state index contributed by atoms with van der Waals surface area (Å²) in [6, 6.07) is 13.4. The molecule has 5 atom stereocenters. The van der Waals surface area contributed by atoms with Crippen molar-refractivity contribution in [1.82, 2.24) is 14.6 Å². The van der Waals surface area contributed by atoms with Crippen LogP contribution in [0.5, 0.6) is 5.75 Å². The summed E-state index contributed by atoms with van der Waals surface area (Å²) in [4.78, 5) is 38.9. The van der Waals surface area contributed by atoms with Gasteiger partial charge in [-0.15, -0.1) is 0 Å². The van der Waals surface area contributed by atoms with E-state index < -0.39 is 61.3 Å². The SMILES string of the molecule is CCOC(=O)C1(NP(=O)(OC[C@@]2(N)O[C@@H](n3ccc(=O)[nH]c3=O)[C@H](O)[C@@H]2O)Oc2cccc3ccccc23)CCCC1. The Labute approximate surface area is 239 Å². The second-order valence-corrected chi connectivity index (χ2v) is 12.0. The number of nitrogens with two attached hydrogens (primary N) is 1. The highest BCUT2D eigenvalue weighted by Gasteiger charge is 2.55. The molecule has 2 aliphatic rings. The number of benzene rings is 2. The Morgan fingerprint density at radius 2 is 1.88 bits per heavy atom. The molecule has 1 aliphatic carbocycles. The molecule has 2 aromatic carbocycles. The molecule has 5 rings (SSSR count). The van der Waals surface area contributed by atoms with Gasteiger partial charge in [-0.2, -0.15) is 5.09 Å². The zero-order chi connectivity index (χ0) is 30.1. The predicted molar refractivity (Wildman–Crippen MR) is 149 cm³/mol. The van der Waals surface area contributed by atoms with Crippen molar-refractivity contribution in [3.63, 3.8) is 0 Å². The lowest BCUT2D eigenvalue weighted by Gasteiger charge is -2.34. The van der Waals surface area contributed by atoms with Crippen molar-refractivity contribution in [3.8, 4) is 5.75 Å². The minimum atomic E-state index is -4.51. The quantitative estimate of drug-likeness (QED) is 0.164. The summed E-state index contributed by atoms with van der Waals surface area (Å²) in [5.41, 5.74) is 1.15. The molecule has 15 heteroatoms. The molecule has 2 heterocycles. The fraction of sp³-hybridized carbons (Fsp3) is 0.444. The van der Waals surface area contributed by atoms with Gasteiger partial charge in [-0.3, -0.25) is 29.4 Å². The van der Waals surface area contributed by atoms with Crippen LogP contribution in [-0.4, -0.2) is 62.4 Å². The van der Waals surface area contributed by atoms with Crippen LogP contribution >= 0.6 is 7.75 Å². The number of nitrogens with zero attached hydrogens (tertiary/aromatic N) is 1. The second-order valence-electron chi connectivity index (χ2n) is 10.4. The van der Waals surface area contributed by atoms with Crippen LogP contribution in [0, 0.1) is 0 Å². The van der Waals surface area contributed by atoms with Gasteiger partial charge in [-0.05, 0) is 31.2 Å². The van der Waals surface area contributed by atoms with Crippen LogP contribution in [0.15, 0.2) is 64.3 Å². The summed E-state index contributed by atoms with van der Waals surface area (Å²) in [5.74, 6) is -0.419. The van der Waals surface area contributed by atoms with E-state index in [2.05, 4.69) is 5.09 Å². The van der Waals surface area contributed by atoms with Crippen LogP contribution in [0.25, 0.3) is 10.8 Å². The number of esters is 1. The highest BCUT2D eigenvalue weighted by atomic mass is 31.2. The number of hydrogen-bond acceptors (Lipinski definition) is 11. The summed E-state index contributed by atoms with van der Waals surface area (Å²) in [5, 5.41) is 25.7. The first-order valence-corrected chi connectivity index (χ1v) is 15.1. The van der Waals surface area contributed by atoms with E-state index in [1.165, 1.54) is 0 Å². The number of aliphatic hydroxyl groups excluding tert-OH is 2. The lowest BCUT2D eigenvalue weighted by Crippen LogP contribution is -2.55. The van der Waals surface area contributed by atoms with Gasteiger partial charge in [-0.25, -0.2) is 9.36 Å².